The second-order valence-electron chi connectivity index (χ2n) is 6.51. The van der Waals surface area contributed by atoms with Gasteiger partial charge in [-0.25, -0.2) is 0 Å². The van der Waals surface area contributed by atoms with E-state index < -0.39 is 0 Å². The molecule has 20 heavy (non-hydrogen) atoms. The molecule has 2 aliphatic rings. The largest absolute Gasteiger partial charge is 0.308 e. The quantitative estimate of drug-likeness (QED) is 0.888. The Hall–Kier alpha value is -0.930. The molecule has 1 aromatic carbocycles. The van der Waals surface area contributed by atoms with Gasteiger partial charge in [-0.2, -0.15) is 0 Å². The number of alkyl halides is 1. The van der Waals surface area contributed by atoms with E-state index in [0.717, 1.165) is 25.6 Å². The fraction of sp³-hybridized carbons (Fsp3) is 0.647. The third-order valence-corrected chi connectivity index (χ3v) is 4.91. The van der Waals surface area contributed by atoms with E-state index in [1.807, 2.05) is 0 Å². The van der Waals surface area contributed by atoms with Crippen molar-refractivity contribution in [1.29, 1.82) is 0 Å². The number of nitrogens with one attached hydrogen (secondary N) is 1. The summed E-state index contributed by atoms with van der Waals surface area (Å²) in [6, 6.07) is 11.0. The smallest absolute Gasteiger partial charge is 0.0906 e. The van der Waals surface area contributed by atoms with Crippen LogP contribution in [0.5, 0.6) is 0 Å². The monoisotopic (exact) mass is 276 g/mol. The van der Waals surface area contributed by atoms with Gasteiger partial charge in [0.1, 0.15) is 0 Å². The van der Waals surface area contributed by atoms with Gasteiger partial charge in [0.2, 0.25) is 0 Å². The molecule has 2 atom stereocenters. The van der Waals surface area contributed by atoms with E-state index in [-0.39, 0.29) is 12.2 Å². The molecule has 2 nitrogen and oxygen atoms in total. The lowest BCUT2D eigenvalue weighted by Crippen LogP contribution is -2.61. The van der Waals surface area contributed by atoms with Crippen LogP contribution in [-0.2, 0) is 0 Å². The van der Waals surface area contributed by atoms with Gasteiger partial charge >= 0.3 is 0 Å². The number of halogens is 1. The van der Waals surface area contributed by atoms with Crippen molar-refractivity contribution in [1.82, 2.24) is 10.2 Å². The highest BCUT2D eigenvalue weighted by atomic mass is 19.1. The van der Waals surface area contributed by atoms with Gasteiger partial charge in [0.15, 0.2) is 0 Å². The van der Waals surface area contributed by atoms with Gasteiger partial charge in [0, 0.05) is 31.2 Å². The van der Waals surface area contributed by atoms with E-state index in [1.54, 1.807) is 0 Å². The van der Waals surface area contributed by atoms with E-state index in [9.17, 15) is 4.39 Å². The second-order valence-corrected chi connectivity index (χ2v) is 6.51. The van der Waals surface area contributed by atoms with E-state index in [2.05, 4.69) is 47.5 Å². The minimum Gasteiger partial charge on any atom is -0.308 e. The summed E-state index contributed by atoms with van der Waals surface area (Å²) in [7, 11) is 0. The summed E-state index contributed by atoms with van der Waals surface area (Å²) in [5, 5.41) is 3.78. The first kappa shape index (κ1) is 14.0. The van der Waals surface area contributed by atoms with E-state index in [1.165, 1.54) is 18.4 Å². The standard InChI is InChI=1S/C17H25FN2/c1-17(15-8-9-15)13-20(11-5-10-18)16(12-19-17)14-6-3-2-4-7-14/h2-4,6-7,15-16,19H,5,8-13H2,1H3. The molecule has 3 heteroatoms. The molecule has 2 unspecified atom stereocenters. The molecule has 1 N–H and O–H groups in total. The molecule has 1 saturated heterocycles. The van der Waals surface area contributed by atoms with Crippen LogP contribution in [0, 0.1) is 5.92 Å². The molecule has 1 aliphatic heterocycles. The third kappa shape index (κ3) is 2.89. The molecule has 1 saturated carbocycles. The Balaban J connectivity index is 1.75. The summed E-state index contributed by atoms with van der Waals surface area (Å²) >= 11 is 0. The maximum Gasteiger partial charge on any atom is 0.0906 e. The van der Waals surface area contributed by atoms with Crippen molar-refractivity contribution >= 4 is 0 Å². The van der Waals surface area contributed by atoms with Crippen LogP contribution in [-0.4, -0.2) is 36.7 Å². The van der Waals surface area contributed by atoms with Gasteiger partial charge in [0.05, 0.1) is 6.67 Å². The third-order valence-electron chi connectivity index (χ3n) is 4.91. The Morgan fingerprint density at radius 2 is 2.05 bits per heavy atom. The summed E-state index contributed by atoms with van der Waals surface area (Å²) in [4.78, 5) is 2.49. The Bertz CT molecular complexity index is 432. The van der Waals surface area contributed by atoms with Crippen LogP contribution in [0.15, 0.2) is 30.3 Å². The molecule has 0 amide bonds. The molecule has 0 spiro atoms. The number of hydrogen-bond donors (Lipinski definition) is 1. The average Bonchev–Trinajstić information content (AvgIpc) is 3.31. The first-order valence-electron chi connectivity index (χ1n) is 7.83. The van der Waals surface area contributed by atoms with Crippen molar-refractivity contribution in [2.75, 3.05) is 26.3 Å². The molecular formula is C17H25FN2. The topological polar surface area (TPSA) is 15.3 Å². The Morgan fingerprint density at radius 3 is 2.70 bits per heavy atom. The number of hydrogen-bond acceptors (Lipinski definition) is 2. The molecule has 1 aromatic rings. The van der Waals surface area contributed by atoms with Crippen LogP contribution in [0.1, 0.15) is 37.8 Å². The molecule has 2 fully saturated rings. The summed E-state index contributed by atoms with van der Waals surface area (Å²) < 4.78 is 12.6. The lowest BCUT2D eigenvalue weighted by atomic mass is 9.89. The Morgan fingerprint density at radius 1 is 1.30 bits per heavy atom. The highest BCUT2D eigenvalue weighted by Crippen LogP contribution is 2.42. The maximum absolute atomic E-state index is 12.6. The zero-order chi connectivity index (χ0) is 14.0. The average molecular weight is 276 g/mol. The minimum absolute atomic E-state index is 0.217. The molecule has 1 aliphatic carbocycles. The van der Waals surface area contributed by atoms with Gasteiger partial charge in [0.25, 0.3) is 0 Å². The lowest BCUT2D eigenvalue weighted by Gasteiger charge is -2.47. The van der Waals surface area contributed by atoms with Crippen molar-refractivity contribution in [3.63, 3.8) is 0 Å². The molecule has 110 valence electrons. The van der Waals surface area contributed by atoms with E-state index >= 15 is 0 Å². The number of rotatable bonds is 5. The van der Waals surface area contributed by atoms with Gasteiger partial charge in [-0.1, -0.05) is 30.3 Å². The SMILES string of the molecule is CC1(C2CC2)CN(CCCF)C(c2ccccc2)CN1. The van der Waals surface area contributed by atoms with Crippen molar-refractivity contribution in [3.8, 4) is 0 Å². The molecule has 0 aromatic heterocycles. The lowest BCUT2D eigenvalue weighted by molar-refractivity contribution is 0.0719. The highest BCUT2D eigenvalue weighted by Gasteiger charge is 2.45. The molecular weight excluding hydrogens is 251 g/mol. The first-order valence-corrected chi connectivity index (χ1v) is 7.83. The van der Waals surface area contributed by atoms with Crippen LogP contribution >= 0.6 is 0 Å². The summed E-state index contributed by atoms with van der Waals surface area (Å²) in [6.07, 6.45) is 3.33. The van der Waals surface area contributed by atoms with E-state index in [0.29, 0.717) is 12.5 Å². The highest BCUT2D eigenvalue weighted by molar-refractivity contribution is 5.21. The van der Waals surface area contributed by atoms with Gasteiger partial charge in [-0.05, 0) is 37.7 Å². The molecule has 0 bridgehead atoms. The van der Waals surface area contributed by atoms with Crippen molar-refractivity contribution in [3.05, 3.63) is 35.9 Å². The number of nitrogens with zero attached hydrogens (tertiary/aromatic N) is 1. The van der Waals surface area contributed by atoms with Crippen molar-refractivity contribution in [2.45, 2.75) is 37.8 Å². The van der Waals surface area contributed by atoms with Crippen LogP contribution in [0.3, 0.4) is 0 Å². The van der Waals surface area contributed by atoms with Gasteiger partial charge < -0.3 is 5.32 Å². The molecule has 0 radical (unpaired) electrons. The van der Waals surface area contributed by atoms with Crippen LogP contribution < -0.4 is 5.32 Å². The summed E-state index contributed by atoms with van der Waals surface area (Å²) in [6.45, 7) is 5.00. The van der Waals surface area contributed by atoms with Gasteiger partial charge in [-0.3, -0.25) is 9.29 Å². The minimum atomic E-state index is -0.217. The first-order chi connectivity index (χ1) is 9.73. The molecule has 3 rings (SSSR count). The fourth-order valence-electron chi connectivity index (χ4n) is 3.54. The second kappa shape index (κ2) is 5.82. The maximum atomic E-state index is 12.6. The number of piperazine rings is 1. The van der Waals surface area contributed by atoms with Crippen molar-refractivity contribution in [2.24, 2.45) is 5.92 Å². The van der Waals surface area contributed by atoms with Crippen LogP contribution in [0.4, 0.5) is 4.39 Å². The normalized spacial score (nSPS) is 31.4. The van der Waals surface area contributed by atoms with Gasteiger partial charge in [-0.15, -0.1) is 0 Å². The zero-order valence-electron chi connectivity index (χ0n) is 12.3. The summed E-state index contributed by atoms with van der Waals surface area (Å²) in [5.74, 6) is 0.812. The van der Waals surface area contributed by atoms with Crippen LogP contribution in [0.2, 0.25) is 0 Å². The van der Waals surface area contributed by atoms with E-state index in [4.69, 9.17) is 0 Å². The zero-order valence-corrected chi connectivity index (χ0v) is 12.3. The number of benzene rings is 1. The van der Waals surface area contributed by atoms with Crippen LogP contribution in [0.25, 0.3) is 0 Å². The predicted octanol–water partition coefficient (Wildman–Crippen LogP) is 3.16. The Kier molecular flexibility index (Phi) is 4.08. The summed E-state index contributed by atoms with van der Waals surface area (Å²) in [5.41, 5.74) is 1.57. The fourth-order valence-corrected chi connectivity index (χ4v) is 3.54. The predicted molar refractivity (Wildman–Crippen MR) is 80.5 cm³/mol. The Labute approximate surface area is 121 Å². The van der Waals surface area contributed by atoms with Crippen molar-refractivity contribution < 1.29 is 4.39 Å². The molecule has 1 heterocycles.